The van der Waals surface area contributed by atoms with Crippen molar-refractivity contribution < 1.29 is 9.18 Å². The molecule has 2 aromatic carbocycles. The number of para-hydroxylation sites is 1. The Morgan fingerprint density at radius 2 is 1.64 bits per heavy atom. The average molecular weight is 376 g/mol. The molecule has 0 saturated heterocycles. The maximum atomic E-state index is 12.9. The number of pyridine rings is 1. The van der Waals surface area contributed by atoms with E-state index >= 15 is 0 Å². The molecule has 0 aliphatic carbocycles. The molecular formula is C18H12Cl2FN3O. The summed E-state index contributed by atoms with van der Waals surface area (Å²) < 4.78 is 12.9. The van der Waals surface area contributed by atoms with Gasteiger partial charge in [0.05, 0.1) is 33.2 Å². The number of nitrogens with zero attached hydrogens (tertiary/aromatic N) is 1. The van der Waals surface area contributed by atoms with Gasteiger partial charge >= 0.3 is 0 Å². The quantitative estimate of drug-likeness (QED) is 0.630. The minimum atomic E-state index is -0.373. The summed E-state index contributed by atoms with van der Waals surface area (Å²) in [5, 5.41) is 6.63. The van der Waals surface area contributed by atoms with E-state index in [1.807, 2.05) is 0 Å². The molecule has 2 N–H and O–H groups in total. The van der Waals surface area contributed by atoms with Gasteiger partial charge in [0.1, 0.15) is 5.82 Å². The van der Waals surface area contributed by atoms with Gasteiger partial charge in [-0.25, -0.2) is 4.39 Å². The molecular weight excluding hydrogens is 364 g/mol. The first-order chi connectivity index (χ1) is 12.0. The van der Waals surface area contributed by atoms with Crippen LogP contribution in [0.5, 0.6) is 0 Å². The van der Waals surface area contributed by atoms with Crippen LogP contribution in [0.3, 0.4) is 0 Å². The van der Waals surface area contributed by atoms with Crippen LogP contribution in [-0.4, -0.2) is 10.9 Å². The number of aromatic nitrogens is 1. The van der Waals surface area contributed by atoms with Crippen LogP contribution in [0.1, 0.15) is 10.4 Å². The standard InChI is InChI=1S/C18H12Cl2FN3O/c19-15-2-1-3-16(20)17(15)23-14-8-11(9-22-10-14)18(25)24-13-6-4-12(21)5-7-13/h1-10,23H,(H,24,25). The number of hydrogen-bond acceptors (Lipinski definition) is 3. The van der Waals surface area contributed by atoms with Crippen LogP contribution in [0, 0.1) is 5.82 Å². The summed E-state index contributed by atoms with van der Waals surface area (Å²) in [5.41, 5.74) is 1.90. The number of carbonyl (C=O) groups is 1. The summed E-state index contributed by atoms with van der Waals surface area (Å²) in [6.45, 7) is 0. The predicted octanol–water partition coefficient (Wildman–Crippen LogP) is 5.52. The van der Waals surface area contributed by atoms with Crippen LogP contribution < -0.4 is 10.6 Å². The Kier molecular flexibility index (Phi) is 5.16. The van der Waals surface area contributed by atoms with Crippen LogP contribution in [-0.2, 0) is 0 Å². The Labute approximate surface area is 153 Å². The maximum absolute atomic E-state index is 12.9. The second-order valence-electron chi connectivity index (χ2n) is 5.14. The van der Waals surface area contributed by atoms with Gasteiger partial charge in [0.15, 0.2) is 0 Å². The Morgan fingerprint density at radius 1 is 0.960 bits per heavy atom. The molecule has 0 radical (unpaired) electrons. The third kappa shape index (κ3) is 4.26. The zero-order valence-electron chi connectivity index (χ0n) is 12.8. The van der Waals surface area contributed by atoms with E-state index in [0.717, 1.165) is 0 Å². The van der Waals surface area contributed by atoms with Crippen LogP contribution in [0.4, 0.5) is 21.5 Å². The zero-order chi connectivity index (χ0) is 17.8. The van der Waals surface area contributed by atoms with Gasteiger partial charge in [-0.2, -0.15) is 0 Å². The number of amides is 1. The average Bonchev–Trinajstić information content (AvgIpc) is 2.60. The van der Waals surface area contributed by atoms with E-state index in [0.29, 0.717) is 32.7 Å². The molecule has 3 rings (SSSR count). The van der Waals surface area contributed by atoms with Gasteiger partial charge < -0.3 is 10.6 Å². The molecule has 7 heteroatoms. The first kappa shape index (κ1) is 17.2. The highest BCUT2D eigenvalue weighted by atomic mass is 35.5. The van der Waals surface area contributed by atoms with Gasteiger partial charge in [-0.15, -0.1) is 0 Å². The van der Waals surface area contributed by atoms with Crippen LogP contribution >= 0.6 is 23.2 Å². The van der Waals surface area contributed by atoms with Crippen molar-refractivity contribution in [2.45, 2.75) is 0 Å². The Bertz CT molecular complexity index is 896. The number of carbonyl (C=O) groups excluding carboxylic acids is 1. The molecule has 0 saturated carbocycles. The molecule has 3 aromatic rings. The highest BCUT2D eigenvalue weighted by Crippen LogP contribution is 2.32. The minimum absolute atomic E-state index is 0.331. The Morgan fingerprint density at radius 3 is 2.32 bits per heavy atom. The molecule has 0 aliphatic heterocycles. The Hall–Kier alpha value is -2.63. The third-order valence-corrected chi connectivity index (χ3v) is 3.96. The smallest absolute Gasteiger partial charge is 0.257 e. The number of rotatable bonds is 4. The van der Waals surface area contributed by atoms with Crippen molar-refractivity contribution in [2.75, 3.05) is 10.6 Å². The van der Waals surface area contributed by atoms with Crippen molar-refractivity contribution in [1.29, 1.82) is 0 Å². The molecule has 1 amide bonds. The summed E-state index contributed by atoms with van der Waals surface area (Å²) in [7, 11) is 0. The SMILES string of the molecule is O=C(Nc1ccc(F)cc1)c1cncc(Nc2c(Cl)cccc2Cl)c1. The molecule has 0 unspecified atom stereocenters. The highest BCUT2D eigenvalue weighted by Gasteiger charge is 2.10. The van der Waals surface area contributed by atoms with E-state index in [2.05, 4.69) is 15.6 Å². The van der Waals surface area contributed by atoms with Crippen molar-refractivity contribution in [3.8, 4) is 0 Å². The lowest BCUT2D eigenvalue weighted by Gasteiger charge is -2.11. The van der Waals surface area contributed by atoms with Crippen molar-refractivity contribution in [2.24, 2.45) is 0 Å². The highest BCUT2D eigenvalue weighted by molar-refractivity contribution is 6.39. The molecule has 0 bridgehead atoms. The van der Waals surface area contributed by atoms with Gasteiger partial charge in [-0.1, -0.05) is 29.3 Å². The monoisotopic (exact) mass is 375 g/mol. The molecule has 0 atom stereocenters. The lowest BCUT2D eigenvalue weighted by molar-refractivity contribution is 0.102. The van der Waals surface area contributed by atoms with E-state index in [9.17, 15) is 9.18 Å². The van der Waals surface area contributed by atoms with E-state index < -0.39 is 0 Å². The molecule has 4 nitrogen and oxygen atoms in total. The fourth-order valence-electron chi connectivity index (χ4n) is 2.13. The minimum Gasteiger partial charge on any atom is -0.352 e. The molecule has 0 fully saturated rings. The second-order valence-corrected chi connectivity index (χ2v) is 5.96. The number of benzene rings is 2. The van der Waals surface area contributed by atoms with Gasteiger partial charge in [0.2, 0.25) is 0 Å². The van der Waals surface area contributed by atoms with Crippen LogP contribution in [0.2, 0.25) is 10.0 Å². The van der Waals surface area contributed by atoms with Crippen LogP contribution in [0.25, 0.3) is 0 Å². The van der Waals surface area contributed by atoms with Crippen molar-refractivity contribution in [3.63, 3.8) is 0 Å². The molecule has 1 aromatic heterocycles. The topological polar surface area (TPSA) is 54.0 Å². The van der Waals surface area contributed by atoms with E-state index in [-0.39, 0.29) is 11.7 Å². The molecule has 0 spiro atoms. The summed E-state index contributed by atoms with van der Waals surface area (Å²) in [6.07, 6.45) is 2.98. The number of hydrogen-bond donors (Lipinski definition) is 2. The van der Waals surface area contributed by atoms with Gasteiger partial charge in [0.25, 0.3) is 5.91 Å². The van der Waals surface area contributed by atoms with Gasteiger partial charge in [-0.05, 0) is 42.5 Å². The summed E-state index contributed by atoms with van der Waals surface area (Å²) in [4.78, 5) is 16.4. The normalized spacial score (nSPS) is 10.4. The number of nitrogens with one attached hydrogen (secondary N) is 2. The maximum Gasteiger partial charge on any atom is 0.257 e. The lowest BCUT2D eigenvalue weighted by atomic mass is 10.2. The lowest BCUT2D eigenvalue weighted by Crippen LogP contribution is -2.12. The van der Waals surface area contributed by atoms with Crippen molar-refractivity contribution >= 4 is 46.2 Å². The van der Waals surface area contributed by atoms with Crippen LogP contribution in [0.15, 0.2) is 60.9 Å². The fourth-order valence-corrected chi connectivity index (χ4v) is 2.62. The summed E-state index contributed by atoms with van der Waals surface area (Å²) in [5.74, 6) is -0.740. The van der Waals surface area contributed by atoms with Gasteiger partial charge in [-0.3, -0.25) is 9.78 Å². The first-order valence-electron chi connectivity index (χ1n) is 7.26. The molecule has 1 heterocycles. The van der Waals surface area contributed by atoms with E-state index in [1.54, 1.807) is 30.5 Å². The van der Waals surface area contributed by atoms with Gasteiger partial charge in [0, 0.05) is 11.9 Å². The summed E-state index contributed by atoms with van der Waals surface area (Å²) in [6, 6.07) is 12.3. The zero-order valence-corrected chi connectivity index (χ0v) is 14.3. The molecule has 25 heavy (non-hydrogen) atoms. The molecule has 126 valence electrons. The number of halogens is 3. The van der Waals surface area contributed by atoms with E-state index in [4.69, 9.17) is 23.2 Å². The predicted molar refractivity (Wildman–Crippen MR) is 98.3 cm³/mol. The number of anilines is 3. The first-order valence-corrected chi connectivity index (χ1v) is 8.01. The van der Waals surface area contributed by atoms with E-state index in [1.165, 1.54) is 30.5 Å². The van der Waals surface area contributed by atoms with Crippen molar-refractivity contribution in [1.82, 2.24) is 4.98 Å². The summed E-state index contributed by atoms with van der Waals surface area (Å²) >= 11 is 12.2. The Balaban J connectivity index is 1.79. The third-order valence-electron chi connectivity index (χ3n) is 3.33. The molecule has 0 aliphatic rings. The second kappa shape index (κ2) is 7.51. The van der Waals surface area contributed by atoms with Crippen molar-refractivity contribution in [3.05, 3.63) is 82.4 Å². The fraction of sp³-hybridized carbons (Fsp3) is 0. The largest absolute Gasteiger partial charge is 0.352 e.